The summed E-state index contributed by atoms with van der Waals surface area (Å²) in [5, 5.41) is 5.91. The highest BCUT2D eigenvalue weighted by Gasteiger charge is 2.24. The SMILES string of the molecule is O=C(CN1CCN(C(=O)/C=C/c2ccc(C(=O)NC3CC3)cc2)CC1)NCc1ccccc1. The van der Waals surface area contributed by atoms with E-state index in [0.717, 1.165) is 24.0 Å². The number of nitrogens with zero attached hydrogens (tertiary/aromatic N) is 2. The summed E-state index contributed by atoms with van der Waals surface area (Å²) >= 11 is 0. The second-order valence-corrected chi connectivity index (χ2v) is 8.57. The minimum Gasteiger partial charge on any atom is -0.351 e. The summed E-state index contributed by atoms with van der Waals surface area (Å²) in [6.45, 7) is 3.39. The maximum absolute atomic E-state index is 12.5. The molecule has 2 aromatic rings. The summed E-state index contributed by atoms with van der Waals surface area (Å²) < 4.78 is 0. The molecule has 1 saturated carbocycles. The van der Waals surface area contributed by atoms with E-state index in [1.54, 1.807) is 29.2 Å². The highest BCUT2D eigenvalue weighted by Crippen LogP contribution is 2.19. The van der Waals surface area contributed by atoms with Crippen LogP contribution in [0.15, 0.2) is 60.7 Å². The zero-order valence-corrected chi connectivity index (χ0v) is 18.7. The van der Waals surface area contributed by atoms with Crippen LogP contribution >= 0.6 is 0 Å². The first kappa shape index (κ1) is 22.7. The van der Waals surface area contributed by atoms with E-state index in [9.17, 15) is 14.4 Å². The molecule has 1 heterocycles. The van der Waals surface area contributed by atoms with Crippen LogP contribution in [0.25, 0.3) is 6.08 Å². The lowest BCUT2D eigenvalue weighted by Gasteiger charge is -2.33. The van der Waals surface area contributed by atoms with Crippen LogP contribution in [0.3, 0.4) is 0 Å². The van der Waals surface area contributed by atoms with Crippen LogP contribution in [-0.4, -0.2) is 66.3 Å². The zero-order valence-electron chi connectivity index (χ0n) is 18.7. The molecule has 1 aliphatic heterocycles. The molecule has 7 nitrogen and oxygen atoms in total. The van der Waals surface area contributed by atoms with Gasteiger partial charge in [0.15, 0.2) is 0 Å². The minimum atomic E-state index is -0.0456. The van der Waals surface area contributed by atoms with Gasteiger partial charge in [-0.2, -0.15) is 0 Å². The van der Waals surface area contributed by atoms with Crippen molar-refractivity contribution in [3.05, 3.63) is 77.4 Å². The maximum atomic E-state index is 12.5. The van der Waals surface area contributed by atoms with Gasteiger partial charge in [-0.25, -0.2) is 0 Å². The Hall–Kier alpha value is -3.45. The Balaban J connectivity index is 1.17. The quantitative estimate of drug-likeness (QED) is 0.608. The fourth-order valence-corrected chi connectivity index (χ4v) is 3.70. The Bertz CT molecular complexity index is 992. The van der Waals surface area contributed by atoms with Crippen LogP contribution in [0.2, 0.25) is 0 Å². The number of carbonyl (C=O) groups is 3. The van der Waals surface area contributed by atoms with Crippen molar-refractivity contribution in [1.82, 2.24) is 20.4 Å². The lowest BCUT2D eigenvalue weighted by molar-refractivity contribution is -0.128. The molecule has 0 atom stereocenters. The fraction of sp³-hybridized carbons (Fsp3) is 0.346. The lowest BCUT2D eigenvalue weighted by Crippen LogP contribution is -2.50. The van der Waals surface area contributed by atoms with Crippen molar-refractivity contribution in [2.45, 2.75) is 25.4 Å². The summed E-state index contributed by atoms with van der Waals surface area (Å²) in [6.07, 6.45) is 5.46. The van der Waals surface area contributed by atoms with Gasteiger partial charge in [0.25, 0.3) is 5.91 Å². The van der Waals surface area contributed by atoms with Crippen molar-refractivity contribution < 1.29 is 14.4 Å². The maximum Gasteiger partial charge on any atom is 0.251 e. The molecule has 2 aliphatic rings. The van der Waals surface area contributed by atoms with Gasteiger partial charge in [-0.05, 0) is 42.2 Å². The van der Waals surface area contributed by atoms with Crippen molar-refractivity contribution in [2.75, 3.05) is 32.7 Å². The Morgan fingerprint density at radius 2 is 1.61 bits per heavy atom. The van der Waals surface area contributed by atoms with Crippen LogP contribution in [0.5, 0.6) is 0 Å². The van der Waals surface area contributed by atoms with E-state index in [4.69, 9.17) is 0 Å². The Labute approximate surface area is 194 Å². The van der Waals surface area contributed by atoms with Crippen molar-refractivity contribution in [3.63, 3.8) is 0 Å². The normalized spacial score (nSPS) is 16.5. The van der Waals surface area contributed by atoms with E-state index >= 15 is 0 Å². The van der Waals surface area contributed by atoms with E-state index in [0.29, 0.717) is 50.9 Å². The molecule has 0 spiro atoms. The summed E-state index contributed by atoms with van der Waals surface area (Å²) in [4.78, 5) is 40.7. The number of nitrogens with one attached hydrogen (secondary N) is 2. The third-order valence-corrected chi connectivity index (χ3v) is 5.89. The average Bonchev–Trinajstić information content (AvgIpc) is 3.66. The van der Waals surface area contributed by atoms with Gasteiger partial charge in [0.2, 0.25) is 11.8 Å². The second kappa shape index (κ2) is 10.9. The van der Waals surface area contributed by atoms with Gasteiger partial charge in [-0.1, -0.05) is 42.5 Å². The second-order valence-electron chi connectivity index (χ2n) is 8.57. The van der Waals surface area contributed by atoms with Crippen LogP contribution in [0.4, 0.5) is 0 Å². The fourth-order valence-electron chi connectivity index (χ4n) is 3.70. The van der Waals surface area contributed by atoms with Crippen LogP contribution in [0, 0.1) is 0 Å². The summed E-state index contributed by atoms with van der Waals surface area (Å²) in [6, 6.07) is 17.4. The van der Waals surface area contributed by atoms with E-state index in [2.05, 4.69) is 15.5 Å². The predicted octanol–water partition coefficient (Wildman–Crippen LogP) is 2.05. The zero-order chi connectivity index (χ0) is 23.0. The molecule has 0 aromatic heterocycles. The Kier molecular flexibility index (Phi) is 7.52. The molecule has 1 saturated heterocycles. The lowest BCUT2D eigenvalue weighted by atomic mass is 10.1. The number of piperazine rings is 1. The Morgan fingerprint density at radius 1 is 0.909 bits per heavy atom. The summed E-state index contributed by atoms with van der Waals surface area (Å²) in [5.74, 6) is -0.0951. The third-order valence-electron chi connectivity index (χ3n) is 5.89. The largest absolute Gasteiger partial charge is 0.351 e. The standard InChI is InChI=1S/C26H30N4O3/c31-24(27-18-21-4-2-1-3-5-21)19-29-14-16-30(17-15-29)25(32)13-8-20-6-9-22(10-7-20)26(33)28-23-11-12-23/h1-10,13,23H,11-12,14-19H2,(H,27,31)(H,28,33)/b13-8+. The molecule has 2 fully saturated rings. The molecule has 2 N–H and O–H groups in total. The highest BCUT2D eigenvalue weighted by atomic mass is 16.2. The number of amides is 3. The van der Waals surface area contributed by atoms with Crippen molar-refractivity contribution in [3.8, 4) is 0 Å². The van der Waals surface area contributed by atoms with Gasteiger partial charge in [0.1, 0.15) is 0 Å². The summed E-state index contributed by atoms with van der Waals surface area (Å²) in [7, 11) is 0. The number of rotatable bonds is 8. The predicted molar refractivity (Wildman–Crippen MR) is 127 cm³/mol. The topological polar surface area (TPSA) is 81.8 Å². The molecule has 1 aliphatic carbocycles. The van der Waals surface area contributed by atoms with E-state index in [1.165, 1.54) is 0 Å². The minimum absolute atomic E-state index is 0.00668. The molecule has 4 rings (SSSR count). The van der Waals surface area contributed by atoms with Crippen LogP contribution < -0.4 is 10.6 Å². The van der Waals surface area contributed by atoms with E-state index in [1.807, 2.05) is 42.5 Å². The molecular formula is C26H30N4O3. The number of hydrogen-bond donors (Lipinski definition) is 2. The number of benzene rings is 2. The molecule has 0 bridgehead atoms. The molecule has 33 heavy (non-hydrogen) atoms. The molecule has 3 amide bonds. The first-order valence-corrected chi connectivity index (χ1v) is 11.5. The molecule has 0 unspecified atom stereocenters. The van der Waals surface area contributed by atoms with Crippen molar-refractivity contribution >= 4 is 23.8 Å². The van der Waals surface area contributed by atoms with Crippen molar-refractivity contribution in [2.24, 2.45) is 0 Å². The molecular weight excluding hydrogens is 416 g/mol. The smallest absolute Gasteiger partial charge is 0.251 e. The average molecular weight is 447 g/mol. The van der Waals surface area contributed by atoms with E-state index < -0.39 is 0 Å². The van der Waals surface area contributed by atoms with Crippen LogP contribution in [0.1, 0.15) is 34.3 Å². The molecule has 172 valence electrons. The van der Waals surface area contributed by atoms with Gasteiger partial charge >= 0.3 is 0 Å². The third kappa shape index (κ3) is 7.02. The highest BCUT2D eigenvalue weighted by molar-refractivity contribution is 5.95. The van der Waals surface area contributed by atoms with Gasteiger partial charge in [-0.15, -0.1) is 0 Å². The van der Waals surface area contributed by atoms with Crippen LogP contribution in [-0.2, 0) is 16.1 Å². The van der Waals surface area contributed by atoms with Gasteiger partial charge in [0.05, 0.1) is 6.54 Å². The monoisotopic (exact) mass is 446 g/mol. The molecule has 2 aromatic carbocycles. The number of hydrogen-bond acceptors (Lipinski definition) is 4. The first-order valence-electron chi connectivity index (χ1n) is 11.5. The summed E-state index contributed by atoms with van der Waals surface area (Å²) in [5.41, 5.74) is 2.58. The Morgan fingerprint density at radius 3 is 2.27 bits per heavy atom. The van der Waals surface area contributed by atoms with Crippen molar-refractivity contribution in [1.29, 1.82) is 0 Å². The number of carbonyl (C=O) groups excluding carboxylic acids is 3. The van der Waals surface area contributed by atoms with Gasteiger partial charge in [-0.3, -0.25) is 19.3 Å². The van der Waals surface area contributed by atoms with E-state index in [-0.39, 0.29) is 17.7 Å². The van der Waals surface area contributed by atoms with Gasteiger partial charge in [0, 0.05) is 50.4 Å². The molecule has 0 radical (unpaired) electrons. The first-order chi connectivity index (χ1) is 16.1. The molecule has 7 heteroatoms. The van der Waals surface area contributed by atoms with Gasteiger partial charge < -0.3 is 15.5 Å².